The van der Waals surface area contributed by atoms with Crippen LogP contribution in [0.3, 0.4) is 0 Å². The first-order valence-electron chi connectivity index (χ1n) is 16.1. The van der Waals surface area contributed by atoms with Crippen LogP contribution in [0.25, 0.3) is 17.0 Å². The van der Waals surface area contributed by atoms with Crippen molar-refractivity contribution in [2.45, 2.75) is 17.1 Å². The molecule has 6 aromatic rings. The fourth-order valence-electron chi connectivity index (χ4n) is 5.90. The van der Waals surface area contributed by atoms with E-state index in [1.165, 1.54) is 11.8 Å². The highest BCUT2D eigenvalue weighted by Crippen LogP contribution is 2.33. The van der Waals surface area contributed by atoms with Crippen molar-refractivity contribution in [1.29, 1.82) is 0 Å². The second kappa shape index (κ2) is 14.1. The van der Waals surface area contributed by atoms with Crippen LogP contribution in [0.1, 0.15) is 54.7 Å². The summed E-state index contributed by atoms with van der Waals surface area (Å²) in [4.78, 5) is 70.7. The van der Waals surface area contributed by atoms with Gasteiger partial charge in [-0.25, -0.2) is 0 Å². The quantitative estimate of drug-likeness (QED) is 0.0916. The van der Waals surface area contributed by atoms with Crippen LogP contribution in [0.15, 0.2) is 138 Å². The van der Waals surface area contributed by atoms with Crippen molar-refractivity contribution in [2.24, 2.45) is 0 Å². The largest absolute Gasteiger partial charge is 0.361 e. The lowest BCUT2D eigenvalue weighted by Gasteiger charge is -2.21. The van der Waals surface area contributed by atoms with Crippen LogP contribution in [0.2, 0.25) is 0 Å². The summed E-state index contributed by atoms with van der Waals surface area (Å²) in [6.07, 6.45) is 3.40. The standard InChI is InChI=1S/C41H30N4O5S/c1-24(39(48)44-34-20-10-18-32-36(34)38(47)31-17-6-5-16-30(31)37(32)46)51-28-14-9-13-27(22-28)43-41(50)35(45-40(49)25-11-3-2-4-12-25)21-26-23-42-33-19-8-7-15-29(26)33/h2-24,42H,1H3,(H,43,50)(H,44,48)(H,45,49)/b35-21+. The molecule has 7 rings (SSSR count). The Labute approximate surface area is 297 Å². The maximum Gasteiger partial charge on any atom is 0.272 e. The Morgan fingerprint density at radius 3 is 2.22 bits per heavy atom. The molecule has 4 N–H and O–H groups in total. The molecule has 0 bridgehead atoms. The molecule has 0 saturated heterocycles. The molecular formula is C41H30N4O5S. The van der Waals surface area contributed by atoms with Crippen LogP contribution in [0.4, 0.5) is 11.4 Å². The third-order valence-corrected chi connectivity index (χ3v) is 9.53. The highest BCUT2D eigenvalue weighted by molar-refractivity contribution is 8.00. The Balaban J connectivity index is 1.07. The number of amides is 3. The number of hydrogen-bond donors (Lipinski definition) is 4. The zero-order valence-electron chi connectivity index (χ0n) is 27.2. The van der Waals surface area contributed by atoms with Crippen LogP contribution in [-0.4, -0.2) is 39.5 Å². The first-order chi connectivity index (χ1) is 24.8. The molecule has 0 aliphatic heterocycles. The number of rotatable bonds is 9. The number of hydrogen-bond acceptors (Lipinski definition) is 6. The minimum absolute atomic E-state index is 0.0428. The smallest absolute Gasteiger partial charge is 0.272 e. The molecule has 0 spiro atoms. The Morgan fingerprint density at radius 2 is 1.41 bits per heavy atom. The molecule has 51 heavy (non-hydrogen) atoms. The van der Waals surface area contributed by atoms with Gasteiger partial charge < -0.3 is 20.9 Å². The third-order valence-electron chi connectivity index (χ3n) is 8.43. The zero-order chi connectivity index (χ0) is 35.5. The molecule has 250 valence electrons. The van der Waals surface area contributed by atoms with E-state index in [2.05, 4.69) is 20.9 Å². The average Bonchev–Trinajstić information content (AvgIpc) is 3.56. The highest BCUT2D eigenvalue weighted by atomic mass is 32.2. The monoisotopic (exact) mass is 690 g/mol. The van der Waals surface area contributed by atoms with Crippen LogP contribution < -0.4 is 16.0 Å². The molecule has 9 nitrogen and oxygen atoms in total. The molecule has 1 heterocycles. The van der Waals surface area contributed by atoms with E-state index in [9.17, 15) is 24.0 Å². The Bertz CT molecular complexity index is 2400. The molecule has 1 unspecified atom stereocenters. The summed E-state index contributed by atoms with van der Waals surface area (Å²) in [6, 6.07) is 34.8. The summed E-state index contributed by atoms with van der Waals surface area (Å²) in [5.41, 5.74) is 3.85. The Kier molecular flexibility index (Phi) is 9.15. The predicted octanol–water partition coefficient (Wildman–Crippen LogP) is 7.47. The van der Waals surface area contributed by atoms with E-state index in [0.29, 0.717) is 27.3 Å². The number of nitrogens with one attached hydrogen (secondary N) is 4. The van der Waals surface area contributed by atoms with E-state index < -0.39 is 17.1 Å². The zero-order valence-corrected chi connectivity index (χ0v) is 28.0. The molecule has 1 aliphatic rings. The fourth-order valence-corrected chi connectivity index (χ4v) is 6.82. The number of aromatic nitrogens is 1. The number of ketones is 2. The van der Waals surface area contributed by atoms with Crippen molar-refractivity contribution in [3.8, 4) is 0 Å². The molecule has 0 saturated carbocycles. The molecule has 5 aromatic carbocycles. The van der Waals surface area contributed by atoms with E-state index in [1.54, 1.807) is 110 Å². The van der Waals surface area contributed by atoms with Gasteiger partial charge in [0, 0.05) is 55.5 Å². The van der Waals surface area contributed by atoms with Crippen LogP contribution in [-0.2, 0) is 9.59 Å². The Hall–Kier alpha value is -6.52. The first kappa shape index (κ1) is 33.0. The second-order valence-electron chi connectivity index (χ2n) is 11.8. The number of anilines is 2. The average molecular weight is 691 g/mol. The van der Waals surface area contributed by atoms with E-state index >= 15 is 0 Å². The van der Waals surface area contributed by atoms with Crippen molar-refractivity contribution >= 4 is 69.4 Å². The lowest BCUT2D eigenvalue weighted by molar-refractivity contribution is -0.115. The van der Waals surface area contributed by atoms with Crippen molar-refractivity contribution in [1.82, 2.24) is 10.3 Å². The minimum Gasteiger partial charge on any atom is -0.361 e. The van der Waals surface area contributed by atoms with Crippen LogP contribution in [0.5, 0.6) is 0 Å². The van der Waals surface area contributed by atoms with E-state index in [0.717, 1.165) is 16.5 Å². The maximum atomic E-state index is 13.7. The van der Waals surface area contributed by atoms with E-state index in [1.807, 2.05) is 30.3 Å². The first-order valence-corrected chi connectivity index (χ1v) is 17.0. The number of para-hydroxylation sites is 1. The molecule has 0 fully saturated rings. The normalized spacial score (nSPS) is 12.8. The van der Waals surface area contributed by atoms with Gasteiger partial charge in [0.1, 0.15) is 5.70 Å². The number of carbonyl (C=O) groups is 5. The summed E-state index contributed by atoms with van der Waals surface area (Å²) in [6.45, 7) is 1.73. The summed E-state index contributed by atoms with van der Waals surface area (Å²) >= 11 is 1.26. The van der Waals surface area contributed by atoms with Gasteiger partial charge in [-0.3, -0.25) is 24.0 Å². The molecule has 10 heteroatoms. The molecule has 1 atom stereocenters. The number of aromatic amines is 1. The number of H-pyrrole nitrogens is 1. The maximum absolute atomic E-state index is 13.7. The number of carbonyl (C=O) groups excluding carboxylic acids is 5. The van der Waals surface area contributed by atoms with Gasteiger partial charge in [0.25, 0.3) is 11.8 Å². The number of fused-ring (bicyclic) bond motifs is 3. The molecule has 3 amide bonds. The van der Waals surface area contributed by atoms with Crippen molar-refractivity contribution in [3.05, 3.63) is 167 Å². The van der Waals surface area contributed by atoms with Crippen LogP contribution in [0, 0.1) is 0 Å². The fraction of sp³-hybridized carbons (Fsp3) is 0.0488. The predicted molar refractivity (Wildman–Crippen MR) is 199 cm³/mol. The summed E-state index contributed by atoms with van der Waals surface area (Å²) < 4.78 is 0. The van der Waals surface area contributed by atoms with Gasteiger partial charge in [-0.05, 0) is 55.5 Å². The van der Waals surface area contributed by atoms with Crippen molar-refractivity contribution < 1.29 is 24.0 Å². The topological polar surface area (TPSA) is 137 Å². The van der Waals surface area contributed by atoms with Gasteiger partial charge in [0.15, 0.2) is 11.6 Å². The van der Waals surface area contributed by atoms with E-state index in [-0.39, 0.29) is 40.0 Å². The number of benzene rings is 5. The number of thioether (sulfide) groups is 1. The summed E-state index contributed by atoms with van der Waals surface area (Å²) in [7, 11) is 0. The second-order valence-corrected chi connectivity index (χ2v) is 13.2. The molecule has 0 radical (unpaired) electrons. The highest BCUT2D eigenvalue weighted by Gasteiger charge is 2.32. The third kappa shape index (κ3) is 6.85. The lowest BCUT2D eigenvalue weighted by Crippen LogP contribution is -2.30. The van der Waals surface area contributed by atoms with Gasteiger partial charge in [0.2, 0.25) is 5.91 Å². The molecular weight excluding hydrogens is 661 g/mol. The van der Waals surface area contributed by atoms with Crippen molar-refractivity contribution in [3.63, 3.8) is 0 Å². The van der Waals surface area contributed by atoms with Gasteiger partial charge >= 0.3 is 0 Å². The lowest BCUT2D eigenvalue weighted by atomic mass is 9.83. The van der Waals surface area contributed by atoms with Crippen LogP contribution >= 0.6 is 11.8 Å². The molecule has 1 aromatic heterocycles. The summed E-state index contributed by atoms with van der Waals surface area (Å²) in [5.74, 6) is -1.92. The van der Waals surface area contributed by atoms with Gasteiger partial charge in [-0.1, -0.05) is 78.9 Å². The van der Waals surface area contributed by atoms with Crippen molar-refractivity contribution in [2.75, 3.05) is 10.6 Å². The Morgan fingerprint density at radius 1 is 0.725 bits per heavy atom. The van der Waals surface area contributed by atoms with Gasteiger partial charge in [-0.2, -0.15) is 0 Å². The van der Waals surface area contributed by atoms with Gasteiger partial charge in [0.05, 0.1) is 16.5 Å². The minimum atomic E-state index is -0.615. The SMILES string of the molecule is CC(Sc1cccc(NC(=O)/C(=C\c2c[nH]c3ccccc23)NC(=O)c2ccccc2)c1)C(=O)Nc1cccc2c1C(=O)c1ccccc1C2=O. The molecule has 1 aliphatic carbocycles. The van der Waals surface area contributed by atoms with E-state index in [4.69, 9.17) is 0 Å². The summed E-state index contributed by atoms with van der Waals surface area (Å²) in [5, 5.41) is 8.76. The van der Waals surface area contributed by atoms with Gasteiger partial charge in [-0.15, -0.1) is 11.8 Å².